The van der Waals surface area contributed by atoms with Gasteiger partial charge in [0.25, 0.3) is 5.91 Å². The standard InChI is InChI=1S/C18H20N4O/c1-3-12(2)16(22-18(23)15-10-6-7-11-19-15)17-20-13-8-4-5-9-14(13)21-17/h4-12,16H,3H2,1-2H3,(H,20,21)(H,22,23)/t12-,16+/m1/s1. The first-order valence-corrected chi connectivity index (χ1v) is 7.85. The van der Waals surface area contributed by atoms with Crippen LogP contribution >= 0.6 is 0 Å². The van der Waals surface area contributed by atoms with Gasteiger partial charge in [0.05, 0.1) is 17.1 Å². The summed E-state index contributed by atoms with van der Waals surface area (Å²) in [5.74, 6) is 0.851. The number of carbonyl (C=O) groups is 1. The fourth-order valence-electron chi connectivity index (χ4n) is 2.55. The lowest BCUT2D eigenvalue weighted by Gasteiger charge is -2.22. The number of hydrogen-bond acceptors (Lipinski definition) is 3. The first-order valence-electron chi connectivity index (χ1n) is 7.85. The molecular formula is C18H20N4O. The van der Waals surface area contributed by atoms with Crippen molar-refractivity contribution in [2.75, 3.05) is 0 Å². The van der Waals surface area contributed by atoms with Crippen LogP contribution in [0.3, 0.4) is 0 Å². The van der Waals surface area contributed by atoms with Crippen molar-refractivity contribution in [2.24, 2.45) is 5.92 Å². The Morgan fingerprint density at radius 2 is 2.00 bits per heavy atom. The molecular weight excluding hydrogens is 288 g/mol. The molecule has 0 fully saturated rings. The molecule has 0 bridgehead atoms. The Balaban J connectivity index is 1.90. The zero-order valence-electron chi connectivity index (χ0n) is 13.3. The van der Waals surface area contributed by atoms with E-state index in [1.807, 2.05) is 24.3 Å². The fraction of sp³-hybridized carbons (Fsp3) is 0.278. The van der Waals surface area contributed by atoms with Crippen molar-refractivity contribution < 1.29 is 4.79 Å². The van der Waals surface area contributed by atoms with Gasteiger partial charge in [0, 0.05) is 6.20 Å². The van der Waals surface area contributed by atoms with E-state index in [4.69, 9.17) is 0 Å². The van der Waals surface area contributed by atoms with Gasteiger partial charge in [0.15, 0.2) is 0 Å². The number of amides is 1. The molecule has 0 aliphatic heterocycles. The monoisotopic (exact) mass is 308 g/mol. The summed E-state index contributed by atoms with van der Waals surface area (Å²) < 4.78 is 0. The molecule has 2 aromatic heterocycles. The number of aromatic amines is 1. The minimum Gasteiger partial charge on any atom is -0.340 e. The zero-order chi connectivity index (χ0) is 16.2. The van der Waals surface area contributed by atoms with Gasteiger partial charge >= 0.3 is 0 Å². The predicted molar refractivity (Wildman–Crippen MR) is 90.0 cm³/mol. The van der Waals surface area contributed by atoms with Crippen molar-refractivity contribution >= 4 is 16.9 Å². The molecule has 118 valence electrons. The molecule has 3 rings (SSSR count). The zero-order valence-corrected chi connectivity index (χ0v) is 13.3. The number of imidazole rings is 1. The second-order valence-electron chi connectivity index (χ2n) is 5.69. The summed E-state index contributed by atoms with van der Waals surface area (Å²) in [5.41, 5.74) is 2.29. The van der Waals surface area contributed by atoms with E-state index in [-0.39, 0.29) is 17.9 Å². The summed E-state index contributed by atoms with van der Waals surface area (Å²) in [5, 5.41) is 3.07. The molecule has 0 radical (unpaired) electrons. The molecule has 2 N–H and O–H groups in total. The second-order valence-corrected chi connectivity index (χ2v) is 5.69. The number of para-hydroxylation sites is 2. The first kappa shape index (κ1) is 15.2. The van der Waals surface area contributed by atoms with Crippen LogP contribution in [-0.4, -0.2) is 20.9 Å². The SMILES string of the molecule is CC[C@@H](C)[C@H](NC(=O)c1ccccn1)c1nc2ccccc2[nH]1. The van der Waals surface area contributed by atoms with Gasteiger partial charge in [-0.2, -0.15) is 0 Å². The summed E-state index contributed by atoms with van der Waals surface area (Å²) in [6.45, 7) is 4.21. The number of rotatable bonds is 5. The third-order valence-electron chi connectivity index (χ3n) is 4.10. The summed E-state index contributed by atoms with van der Waals surface area (Å²) in [4.78, 5) is 24.5. The van der Waals surface area contributed by atoms with Crippen LogP contribution in [-0.2, 0) is 0 Å². The van der Waals surface area contributed by atoms with Crippen LogP contribution in [0.25, 0.3) is 11.0 Å². The Labute approximate surface area is 135 Å². The summed E-state index contributed by atoms with van der Waals surface area (Å²) in [6.07, 6.45) is 2.55. The number of pyridine rings is 1. The molecule has 0 saturated carbocycles. The molecule has 1 aromatic carbocycles. The number of fused-ring (bicyclic) bond motifs is 1. The highest BCUT2D eigenvalue weighted by atomic mass is 16.1. The van der Waals surface area contributed by atoms with Crippen LogP contribution in [0.15, 0.2) is 48.7 Å². The van der Waals surface area contributed by atoms with Gasteiger partial charge in [0.1, 0.15) is 11.5 Å². The molecule has 5 heteroatoms. The lowest BCUT2D eigenvalue weighted by molar-refractivity contribution is 0.0915. The minimum atomic E-state index is -0.184. The number of nitrogens with zero attached hydrogens (tertiary/aromatic N) is 2. The largest absolute Gasteiger partial charge is 0.340 e. The lowest BCUT2D eigenvalue weighted by Crippen LogP contribution is -2.33. The van der Waals surface area contributed by atoms with Gasteiger partial charge < -0.3 is 10.3 Å². The van der Waals surface area contributed by atoms with Crippen LogP contribution in [0, 0.1) is 5.92 Å². The van der Waals surface area contributed by atoms with Crippen molar-refractivity contribution in [2.45, 2.75) is 26.3 Å². The maximum absolute atomic E-state index is 12.4. The maximum Gasteiger partial charge on any atom is 0.270 e. The van der Waals surface area contributed by atoms with Crippen LogP contribution in [0.1, 0.15) is 42.6 Å². The van der Waals surface area contributed by atoms with Gasteiger partial charge in [-0.15, -0.1) is 0 Å². The van der Waals surface area contributed by atoms with E-state index in [0.29, 0.717) is 5.69 Å². The third-order valence-corrected chi connectivity index (χ3v) is 4.10. The summed E-state index contributed by atoms with van der Waals surface area (Å²) in [7, 11) is 0. The lowest BCUT2D eigenvalue weighted by atomic mass is 9.98. The predicted octanol–water partition coefficient (Wildman–Crippen LogP) is 3.48. The van der Waals surface area contributed by atoms with Crippen molar-refractivity contribution in [3.05, 3.63) is 60.2 Å². The second kappa shape index (κ2) is 6.60. The van der Waals surface area contributed by atoms with Crippen molar-refractivity contribution in [3.63, 3.8) is 0 Å². The molecule has 2 heterocycles. The maximum atomic E-state index is 12.4. The molecule has 2 atom stereocenters. The minimum absolute atomic E-state index is 0.179. The summed E-state index contributed by atoms with van der Waals surface area (Å²) in [6, 6.07) is 13.0. The number of aromatic nitrogens is 3. The van der Waals surface area contributed by atoms with Gasteiger partial charge in [-0.1, -0.05) is 38.5 Å². The molecule has 23 heavy (non-hydrogen) atoms. The summed E-state index contributed by atoms with van der Waals surface area (Å²) >= 11 is 0. The van der Waals surface area contributed by atoms with E-state index < -0.39 is 0 Å². The van der Waals surface area contributed by atoms with Crippen LogP contribution in [0.5, 0.6) is 0 Å². The van der Waals surface area contributed by atoms with Gasteiger partial charge in [-0.25, -0.2) is 4.98 Å². The Morgan fingerprint density at radius 1 is 1.22 bits per heavy atom. The van der Waals surface area contributed by atoms with Gasteiger partial charge in [-0.3, -0.25) is 9.78 Å². The Kier molecular flexibility index (Phi) is 4.37. The van der Waals surface area contributed by atoms with E-state index in [0.717, 1.165) is 23.3 Å². The molecule has 3 aromatic rings. The average molecular weight is 308 g/mol. The Hall–Kier alpha value is -2.69. The van der Waals surface area contributed by atoms with E-state index in [2.05, 4.69) is 34.1 Å². The number of benzene rings is 1. The van der Waals surface area contributed by atoms with Crippen LogP contribution in [0.2, 0.25) is 0 Å². The molecule has 5 nitrogen and oxygen atoms in total. The Bertz CT molecular complexity index is 764. The van der Waals surface area contributed by atoms with E-state index >= 15 is 0 Å². The Morgan fingerprint density at radius 3 is 2.70 bits per heavy atom. The smallest absolute Gasteiger partial charge is 0.270 e. The van der Waals surface area contributed by atoms with E-state index in [9.17, 15) is 4.79 Å². The van der Waals surface area contributed by atoms with Crippen LogP contribution in [0.4, 0.5) is 0 Å². The van der Waals surface area contributed by atoms with Crippen molar-refractivity contribution in [1.82, 2.24) is 20.3 Å². The molecule has 1 amide bonds. The number of nitrogens with one attached hydrogen (secondary N) is 2. The number of carbonyl (C=O) groups excluding carboxylic acids is 1. The van der Waals surface area contributed by atoms with E-state index in [1.165, 1.54) is 0 Å². The highest BCUT2D eigenvalue weighted by Gasteiger charge is 2.24. The topological polar surface area (TPSA) is 70.7 Å². The number of hydrogen-bond donors (Lipinski definition) is 2. The molecule has 0 aliphatic rings. The number of H-pyrrole nitrogens is 1. The highest BCUT2D eigenvalue weighted by Crippen LogP contribution is 2.24. The first-order chi connectivity index (χ1) is 11.2. The van der Waals surface area contributed by atoms with Gasteiger partial charge in [-0.05, 0) is 30.2 Å². The molecule has 0 unspecified atom stereocenters. The highest BCUT2D eigenvalue weighted by molar-refractivity contribution is 5.92. The van der Waals surface area contributed by atoms with Gasteiger partial charge in [0.2, 0.25) is 0 Å². The normalized spacial score (nSPS) is 13.7. The van der Waals surface area contributed by atoms with Crippen LogP contribution < -0.4 is 5.32 Å². The fourth-order valence-corrected chi connectivity index (χ4v) is 2.55. The molecule has 0 aliphatic carbocycles. The average Bonchev–Trinajstić information content (AvgIpc) is 3.03. The van der Waals surface area contributed by atoms with E-state index in [1.54, 1.807) is 24.4 Å². The van der Waals surface area contributed by atoms with Crippen molar-refractivity contribution in [3.8, 4) is 0 Å². The molecule has 0 saturated heterocycles. The van der Waals surface area contributed by atoms with Crippen molar-refractivity contribution in [1.29, 1.82) is 0 Å². The third kappa shape index (κ3) is 3.23. The quantitative estimate of drug-likeness (QED) is 0.758. The molecule has 0 spiro atoms.